The van der Waals surface area contributed by atoms with Gasteiger partial charge in [-0.1, -0.05) is 194 Å². The summed E-state index contributed by atoms with van der Waals surface area (Å²) in [5.74, 6) is 3.90. The maximum absolute atomic E-state index is 5.23. The fourth-order valence-electron chi connectivity index (χ4n) is 14.6. The first-order chi connectivity index (χ1) is 34.7. The van der Waals surface area contributed by atoms with Crippen LogP contribution in [0.15, 0.2) is 218 Å². The Balaban J connectivity index is 0.894. The van der Waals surface area contributed by atoms with Gasteiger partial charge in [0.2, 0.25) is 0 Å². The molecule has 0 unspecified atom stereocenters. The van der Waals surface area contributed by atoms with Crippen LogP contribution in [-0.2, 0) is 5.41 Å². The summed E-state index contributed by atoms with van der Waals surface area (Å²) in [6.07, 6.45) is 6.94. The van der Waals surface area contributed by atoms with E-state index in [2.05, 4.69) is 212 Å². The Morgan fingerprint density at radius 2 is 0.829 bits per heavy atom. The van der Waals surface area contributed by atoms with Gasteiger partial charge in [0.1, 0.15) is 0 Å². The van der Waals surface area contributed by atoms with Crippen molar-refractivity contribution >= 4 is 32.3 Å². The van der Waals surface area contributed by atoms with Crippen molar-refractivity contribution < 1.29 is 0 Å². The van der Waals surface area contributed by atoms with E-state index < -0.39 is 0 Å². The van der Waals surface area contributed by atoms with Crippen molar-refractivity contribution in [2.75, 3.05) is 0 Å². The van der Waals surface area contributed by atoms with Gasteiger partial charge < -0.3 is 0 Å². The van der Waals surface area contributed by atoms with E-state index in [4.69, 9.17) is 9.97 Å². The highest BCUT2D eigenvalue weighted by Crippen LogP contribution is 2.70. The molecule has 332 valence electrons. The fourth-order valence-corrected chi connectivity index (χ4v) is 14.6. The molecular weight excluding hydrogens is 845 g/mol. The Labute approximate surface area is 409 Å². The maximum Gasteiger partial charge on any atom is 0.160 e. The molecule has 1 spiro atoms. The van der Waals surface area contributed by atoms with Crippen molar-refractivity contribution in [3.63, 3.8) is 0 Å². The van der Waals surface area contributed by atoms with E-state index in [0.717, 1.165) is 45.5 Å². The lowest BCUT2D eigenvalue weighted by Gasteiger charge is -2.61. The average Bonchev–Trinajstić information content (AvgIpc) is 3.71. The fraction of sp³-hybridized carbons (Fsp3) is 0.147. The first kappa shape index (κ1) is 40.0. The summed E-state index contributed by atoms with van der Waals surface area (Å²) in [4.78, 5) is 10.4. The van der Waals surface area contributed by atoms with E-state index in [1.807, 2.05) is 6.07 Å². The third-order valence-electron chi connectivity index (χ3n) is 17.2. The molecule has 0 N–H and O–H groups in total. The molecule has 4 fully saturated rings. The second-order valence-electron chi connectivity index (χ2n) is 20.8. The van der Waals surface area contributed by atoms with Crippen molar-refractivity contribution in [2.24, 2.45) is 23.7 Å². The minimum Gasteiger partial charge on any atom is -0.228 e. The van der Waals surface area contributed by atoms with E-state index >= 15 is 0 Å². The quantitative estimate of drug-likeness (QED) is 0.155. The second kappa shape index (κ2) is 15.5. The SMILES string of the molecule is c1ccc(-c2cccc(-c3cc(-c4ccc(-c5c6ccccc6c(-c6cccc7c6-c6cc8ccccc8cc6C76C7CC8CC(C7)CC6C8)c6ccccc56)cc4)nc(-c4ccccc4)n3)c2)cc1. The Bertz CT molecular complexity index is 3800. The van der Waals surface area contributed by atoms with Crippen LogP contribution in [0.5, 0.6) is 0 Å². The van der Waals surface area contributed by atoms with Crippen LogP contribution in [0, 0.1) is 23.7 Å². The molecule has 11 aromatic rings. The van der Waals surface area contributed by atoms with Gasteiger partial charge in [-0.05, 0) is 168 Å². The van der Waals surface area contributed by atoms with Crippen LogP contribution in [0.1, 0.15) is 43.2 Å². The number of benzene rings is 10. The molecule has 5 aliphatic rings. The maximum atomic E-state index is 5.23. The van der Waals surface area contributed by atoms with Gasteiger partial charge in [-0.25, -0.2) is 9.97 Å². The smallest absolute Gasteiger partial charge is 0.160 e. The third-order valence-corrected chi connectivity index (χ3v) is 17.2. The molecule has 0 radical (unpaired) electrons. The second-order valence-corrected chi connectivity index (χ2v) is 20.8. The van der Waals surface area contributed by atoms with Gasteiger partial charge in [0.05, 0.1) is 11.4 Å². The van der Waals surface area contributed by atoms with Crippen LogP contribution in [0.4, 0.5) is 0 Å². The number of aromatic nitrogens is 2. The molecule has 5 aliphatic carbocycles. The molecule has 0 amide bonds. The highest BCUT2D eigenvalue weighted by atomic mass is 14.9. The third kappa shape index (κ3) is 5.99. The summed E-state index contributed by atoms with van der Waals surface area (Å²) in [5, 5.41) is 7.86. The zero-order chi connectivity index (χ0) is 45.9. The summed E-state index contributed by atoms with van der Waals surface area (Å²) in [5.41, 5.74) is 18.7. The lowest BCUT2D eigenvalue weighted by Crippen LogP contribution is -2.55. The summed E-state index contributed by atoms with van der Waals surface area (Å²) < 4.78 is 0. The van der Waals surface area contributed by atoms with Gasteiger partial charge in [0.15, 0.2) is 5.82 Å². The predicted octanol–water partition coefficient (Wildman–Crippen LogP) is 17.7. The lowest BCUT2D eigenvalue weighted by molar-refractivity contribution is -0.0398. The standard InChI is InChI=1S/C68H50N2/c1-3-15-44(16-4-1)48-21-13-22-51(38-48)63-41-62(69-67(70-63)47-17-5-2-6-18-47)45-29-31-46(32-30-45)64-54-23-9-11-25-56(54)65(57-26-12-10-24-55(57)64)58-27-14-28-60-66(58)59-39-49-19-7-8-20-50(49)40-61(59)68(60)52-34-42-33-43(36-52)37-53(68)35-42/h1-32,38-43,52-53H,33-37H2. The number of nitrogens with zero attached hydrogens (tertiary/aromatic N) is 2. The number of rotatable bonds is 6. The van der Waals surface area contributed by atoms with Crippen LogP contribution in [0.3, 0.4) is 0 Å². The predicted molar refractivity (Wildman–Crippen MR) is 290 cm³/mol. The van der Waals surface area contributed by atoms with Crippen molar-refractivity contribution in [1.29, 1.82) is 0 Å². The van der Waals surface area contributed by atoms with Gasteiger partial charge in [-0.15, -0.1) is 0 Å². The Morgan fingerprint density at radius 1 is 0.314 bits per heavy atom. The molecule has 16 rings (SSSR count). The van der Waals surface area contributed by atoms with Crippen LogP contribution < -0.4 is 0 Å². The van der Waals surface area contributed by atoms with E-state index in [9.17, 15) is 0 Å². The van der Waals surface area contributed by atoms with Crippen molar-refractivity contribution in [3.8, 4) is 78.4 Å². The molecule has 0 saturated heterocycles. The first-order valence-electron chi connectivity index (χ1n) is 25.5. The topological polar surface area (TPSA) is 25.8 Å². The average molecular weight is 895 g/mol. The van der Waals surface area contributed by atoms with Gasteiger partial charge in [0, 0.05) is 22.1 Å². The Morgan fingerprint density at radius 3 is 1.49 bits per heavy atom. The highest BCUT2D eigenvalue weighted by molar-refractivity contribution is 6.23. The largest absolute Gasteiger partial charge is 0.228 e. The van der Waals surface area contributed by atoms with Crippen LogP contribution >= 0.6 is 0 Å². The molecule has 1 aromatic heterocycles. The van der Waals surface area contributed by atoms with E-state index in [1.54, 1.807) is 11.1 Å². The number of hydrogen-bond acceptors (Lipinski definition) is 2. The summed E-state index contributed by atoms with van der Waals surface area (Å²) >= 11 is 0. The molecular formula is C68H50N2. The van der Waals surface area contributed by atoms with Gasteiger partial charge >= 0.3 is 0 Å². The summed E-state index contributed by atoms with van der Waals surface area (Å²) in [6, 6.07) is 81.0. The molecule has 0 atom stereocenters. The summed E-state index contributed by atoms with van der Waals surface area (Å²) in [7, 11) is 0. The van der Waals surface area contributed by atoms with E-state index in [1.165, 1.54) is 103 Å². The molecule has 4 bridgehead atoms. The molecule has 70 heavy (non-hydrogen) atoms. The molecule has 10 aromatic carbocycles. The van der Waals surface area contributed by atoms with Gasteiger partial charge in [-0.3, -0.25) is 0 Å². The minimum absolute atomic E-state index is 0.0733. The van der Waals surface area contributed by atoms with Crippen LogP contribution in [0.25, 0.3) is 111 Å². The number of hydrogen-bond donors (Lipinski definition) is 0. The zero-order valence-corrected chi connectivity index (χ0v) is 39.0. The van der Waals surface area contributed by atoms with Crippen LogP contribution in [-0.4, -0.2) is 9.97 Å². The Kier molecular flexibility index (Phi) is 8.88. The summed E-state index contributed by atoms with van der Waals surface area (Å²) in [6.45, 7) is 0. The van der Waals surface area contributed by atoms with E-state index in [-0.39, 0.29) is 5.41 Å². The molecule has 2 nitrogen and oxygen atoms in total. The number of fused-ring (bicyclic) bond motifs is 6. The highest BCUT2D eigenvalue weighted by Gasteiger charge is 2.62. The van der Waals surface area contributed by atoms with Gasteiger partial charge in [-0.2, -0.15) is 0 Å². The first-order valence-corrected chi connectivity index (χ1v) is 25.5. The normalized spacial score (nSPS) is 20.6. The molecule has 2 heteroatoms. The van der Waals surface area contributed by atoms with Crippen molar-refractivity contribution in [1.82, 2.24) is 9.97 Å². The lowest BCUT2D eigenvalue weighted by atomic mass is 9.43. The molecule has 0 aliphatic heterocycles. The minimum atomic E-state index is 0.0733. The van der Waals surface area contributed by atoms with Crippen molar-refractivity contribution in [3.05, 3.63) is 230 Å². The van der Waals surface area contributed by atoms with Crippen LogP contribution in [0.2, 0.25) is 0 Å². The Hall–Kier alpha value is -7.94. The monoisotopic (exact) mass is 894 g/mol. The molecule has 4 saturated carbocycles. The van der Waals surface area contributed by atoms with E-state index in [0.29, 0.717) is 17.7 Å². The van der Waals surface area contributed by atoms with Gasteiger partial charge in [0.25, 0.3) is 0 Å². The van der Waals surface area contributed by atoms with Crippen molar-refractivity contribution in [2.45, 2.75) is 37.5 Å². The molecule has 1 heterocycles. The zero-order valence-electron chi connectivity index (χ0n) is 39.0.